The summed E-state index contributed by atoms with van der Waals surface area (Å²) in [5.41, 5.74) is 1.39. The zero-order chi connectivity index (χ0) is 12.7. The van der Waals surface area contributed by atoms with Crippen LogP contribution in [0.2, 0.25) is 0 Å². The van der Waals surface area contributed by atoms with Crippen molar-refractivity contribution in [3.05, 3.63) is 29.8 Å². The number of aliphatic imine (C=N–C) groups is 1. The summed E-state index contributed by atoms with van der Waals surface area (Å²) in [7, 11) is 0. The molecular weight excluding hydrogens is 217 g/mol. The molecule has 1 aliphatic heterocycles. The summed E-state index contributed by atoms with van der Waals surface area (Å²) in [6.07, 6.45) is 0.228. The molecule has 92 valence electrons. The van der Waals surface area contributed by atoms with Crippen LogP contribution >= 0.6 is 0 Å². The summed E-state index contributed by atoms with van der Waals surface area (Å²) in [6, 6.07) is 7.59. The predicted octanol–water partition coefficient (Wildman–Crippen LogP) is 4.02. The number of ether oxygens (including phenoxy) is 1. The Balaban J connectivity index is 2.53. The highest BCUT2D eigenvalue weighted by atomic mass is 19.2. The van der Waals surface area contributed by atoms with Crippen LogP contribution in [0, 0.1) is 5.41 Å². The fourth-order valence-electron chi connectivity index (χ4n) is 1.80. The second-order valence-corrected chi connectivity index (χ2v) is 5.68. The number of nitrogens with zero attached hydrogens (tertiary/aromatic N) is 1. The van der Waals surface area contributed by atoms with Crippen molar-refractivity contribution in [3.8, 4) is 0 Å². The maximum Gasteiger partial charge on any atom is 0.251 e. The number of alkyl halides is 1. The quantitative estimate of drug-likeness (QED) is 0.665. The van der Waals surface area contributed by atoms with Crippen molar-refractivity contribution in [2.24, 2.45) is 10.4 Å². The van der Waals surface area contributed by atoms with Crippen LogP contribution in [0.15, 0.2) is 29.3 Å². The SMILES string of the molecule is CC1(F)Cc2ccccc2N=C(C(C)(C)C)O1. The Morgan fingerprint density at radius 3 is 2.59 bits per heavy atom. The minimum absolute atomic E-state index is 0.228. The number of hydrogen-bond donors (Lipinski definition) is 0. The van der Waals surface area contributed by atoms with Gasteiger partial charge in [0, 0.05) is 18.8 Å². The lowest BCUT2D eigenvalue weighted by molar-refractivity contribution is -0.0611. The first-order valence-electron chi connectivity index (χ1n) is 5.83. The third-order valence-corrected chi connectivity index (χ3v) is 2.67. The lowest BCUT2D eigenvalue weighted by Gasteiger charge is -2.27. The van der Waals surface area contributed by atoms with Crippen molar-refractivity contribution >= 4 is 11.6 Å². The van der Waals surface area contributed by atoms with Crippen molar-refractivity contribution in [1.29, 1.82) is 0 Å². The molecule has 1 aromatic carbocycles. The van der Waals surface area contributed by atoms with Crippen molar-refractivity contribution in [1.82, 2.24) is 0 Å². The smallest absolute Gasteiger partial charge is 0.251 e. The molecule has 0 N–H and O–H groups in total. The van der Waals surface area contributed by atoms with E-state index in [-0.39, 0.29) is 11.8 Å². The molecular formula is C14H18FNO. The molecule has 1 aromatic rings. The number of hydrogen-bond acceptors (Lipinski definition) is 2. The Hall–Kier alpha value is -1.38. The third kappa shape index (κ3) is 2.65. The molecule has 1 aliphatic rings. The fraction of sp³-hybridized carbons (Fsp3) is 0.500. The lowest BCUT2D eigenvalue weighted by atomic mass is 9.96. The van der Waals surface area contributed by atoms with E-state index in [1.54, 1.807) is 0 Å². The molecule has 17 heavy (non-hydrogen) atoms. The highest BCUT2D eigenvalue weighted by molar-refractivity contribution is 5.85. The molecule has 1 unspecified atom stereocenters. The highest BCUT2D eigenvalue weighted by Gasteiger charge is 2.35. The lowest BCUT2D eigenvalue weighted by Crippen LogP contribution is -2.33. The van der Waals surface area contributed by atoms with Gasteiger partial charge in [0.2, 0.25) is 0 Å². The van der Waals surface area contributed by atoms with Gasteiger partial charge in [0.25, 0.3) is 5.85 Å². The van der Waals surface area contributed by atoms with E-state index in [9.17, 15) is 4.39 Å². The van der Waals surface area contributed by atoms with Gasteiger partial charge in [0.15, 0.2) is 5.90 Å². The van der Waals surface area contributed by atoms with Gasteiger partial charge in [0.05, 0.1) is 5.69 Å². The Morgan fingerprint density at radius 2 is 1.94 bits per heavy atom. The molecule has 0 bridgehead atoms. The van der Waals surface area contributed by atoms with Gasteiger partial charge in [-0.05, 0) is 11.6 Å². The summed E-state index contributed by atoms with van der Waals surface area (Å²) in [5, 5.41) is 0. The third-order valence-electron chi connectivity index (χ3n) is 2.67. The molecule has 0 saturated carbocycles. The molecule has 0 amide bonds. The number of rotatable bonds is 0. The van der Waals surface area contributed by atoms with Gasteiger partial charge in [0.1, 0.15) is 0 Å². The van der Waals surface area contributed by atoms with Crippen LogP contribution in [0.3, 0.4) is 0 Å². The van der Waals surface area contributed by atoms with E-state index in [4.69, 9.17) is 4.74 Å². The highest BCUT2D eigenvalue weighted by Crippen LogP contribution is 2.34. The normalized spacial score (nSPS) is 24.4. The minimum Gasteiger partial charge on any atom is -0.444 e. The maximum atomic E-state index is 14.3. The number of para-hydroxylation sites is 1. The van der Waals surface area contributed by atoms with Gasteiger partial charge in [-0.2, -0.15) is 4.39 Å². The first-order valence-corrected chi connectivity index (χ1v) is 5.83. The number of benzene rings is 1. The second-order valence-electron chi connectivity index (χ2n) is 5.68. The second kappa shape index (κ2) is 3.83. The minimum atomic E-state index is -1.70. The van der Waals surface area contributed by atoms with Crippen LogP contribution in [-0.2, 0) is 11.2 Å². The van der Waals surface area contributed by atoms with Gasteiger partial charge in [-0.1, -0.05) is 39.0 Å². The van der Waals surface area contributed by atoms with Gasteiger partial charge < -0.3 is 4.74 Å². The van der Waals surface area contributed by atoms with Crippen LogP contribution in [0.5, 0.6) is 0 Å². The largest absolute Gasteiger partial charge is 0.444 e. The number of halogens is 1. The summed E-state index contributed by atoms with van der Waals surface area (Å²) in [5.74, 6) is -1.24. The average molecular weight is 235 g/mol. The molecule has 2 nitrogen and oxygen atoms in total. The summed E-state index contributed by atoms with van der Waals surface area (Å²) >= 11 is 0. The zero-order valence-corrected chi connectivity index (χ0v) is 10.7. The van der Waals surface area contributed by atoms with Crippen LogP contribution in [-0.4, -0.2) is 11.8 Å². The molecule has 2 rings (SSSR count). The number of fused-ring (bicyclic) bond motifs is 1. The topological polar surface area (TPSA) is 21.6 Å². The molecule has 0 saturated heterocycles. The van der Waals surface area contributed by atoms with Crippen molar-refractivity contribution in [3.63, 3.8) is 0 Å². The standard InChI is InChI=1S/C14H18FNO/c1-13(2,3)12-16-11-8-6-5-7-10(11)9-14(4,15)17-12/h5-8H,9H2,1-4H3. The van der Waals surface area contributed by atoms with Crippen LogP contribution in [0.4, 0.5) is 10.1 Å². The molecule has 0 fully saturated rings. The van der Waals surface area contributed by atoms with Gasteiger partial charge in [-0.3, -0.25) is 0 Å². The molecule has 0 aromatic heterocycles. The van der Waals surface area contributed by atoms with Crippen LogP contribution in [0.1, 0.15) is 33.3 Å². The zero-order valence-electron chi connectivity index (χ0n) is 10.7. The van der Waals surface area contributed by atoms with Crippen LogP contribution in [0.25, 0.3) is 0 Å². The van der Waals surface area contributed by atoms with Gasteiger partial charge >= 0.3 is 0 Å². The molecule has 0 spiro atoms. The molecule has 1 heterocycles. The molecule has 1 atom stereocenters. The first-order chi connectivity index (χ1) is 7.78. The van der Waals surface area contributed by atoms with E-state index >= 15 is 0 Å². The van der Waals surface area contributed by atoms with E-state index in [1.165, 1.54) is 6.92 Å². The Morgan fingerprint density at radius 1 is 1.29 bits per heavy atom. The predicted molar refractivity (Wildman–Crippen MR) is 67.3 cm³/mol. The monoisotopic (exact) mass is 235 g/mol. The summed E-state index contributed by atoms with van der Waals surface area (Å²) in [6.45, 7) is 7.36. The average Bonchev–Trinajstić information content (AvgIpc) is 2.30. The van der Waals surface area contributed by atoms with E-state index < -0.39 is 5.85 Å². The molecule has 0 aliphatic carbocycles. The van der Waals surface area contributed by atoms with Crippen molar-refractivity contribution in [2.45, 2.75) is 40.0 Å². The fourth-order valence-corrected chi connectivity index (χ4v) is 1.80. The van der Waals surface area contributed by atoms with E-state index in [0.717, 1.165) is 11.3 Å². The van der Waals surface area contributed by atoms with E-state index in [0.29, 0.717) is 5.90 Å². The van der Waals surface area contributed by atoms with Gasteiger partial charge in [-0.25, -0.2) is 4.99 Å². The Bertz CT molecular complexity index is 458. The summed E-state index contributed by atoms with van der Waals surface area (Å²) < 4.78 is 19.7. The van der Waals surface area contributed by atoms with Crippen LogP contribution < -0.4 is 0 Å². The Labute approximate surface area is 102 Å². The molecule has 3 heteroatoms. The Kier molecular flexibility index (Phi) is 2.72. The first kappa shape index (κ1) is 12.1. The maximum absolute atomic E-state index is 14.3. The van der Waals surface area contributed by atoms with E-state index in [1.807, 2.05) is 45.0 Å². The molecule has 0 radical (unpaired) electrons. The van der Waals surface area contributed by atoms with Crippen molar-refractivity contribution in [2.75, 3.05) is 0 Å². The summed E-state index contributed by atoms with van der Waals surface area (Å²) in [4.78, 5) is 4.46. The van der Waals surface area contributed by atoms with Crippen molar-refractivity contribution < 1.29 is 9.13 Å². The van der Waals surface area contributed by atoms with Gasteiger partial charge in [-0.15, -0.1) is 0 Å². The van der Waals surface area contributed by atoms with E-state index in [2.05, 4.69) is 4.99 Å².